The molecule has 0 spiro atoms. The molecule has 3 aromatic rings. The molecule has 2 aromatic carbocycles. The molecule has 2 heterocycles. The van der Waals surface area contributed by atoms with Crippen molar-refractivity contribution in [2.24, 2.45) is 0 Å². The van der Waals surface area contributed by atoms with Gasteiger partial charge in [0.15, 0.2) is 5.78 Å². The number of amides is 2. The summed E-state index contributed by atoms with van der Waals surface area (Å²) in [5.74, 6) is -1.07. The fraction of sp³-hybridized carbons (Fsp3) is 0.259. The van der Waals surface area contributed by atoms with Crippen LogP contribution in [0.5, 0.6) is 0 Å². The van der Waals surface area contributed by atoms with Crippen molar-refractivity contribution in [2.45, 2.75) is 26.8 Å². The third-order valence-corrected chi connectivity index (χ3v) is 6.87. The van der Waals surface area contributed by atoms with E-state index in [4.69, 9.17) is 9.47 Å². The Kier molecular flexibility index (Phi) is 7.80. The number of ether oxygens (including phenoxy) is 2. The molecule has 0 aliphatic carbocycles. The Morgan fingerprint density at radius 3 is 2.19 bits per heavy atom. The van der Waals surface area contributed by atoms with Crippen molar-refractivity contribution in [2.75, 3.05) is 25.1 Å². The molecule has 0 radical (unpaired) electrons. The minimum absolute atomic E-state index is 0.135. The monoisotopic (exact) mass is 506 g/mol. The minimum Gasteiger partial charge on any atom is -0.462 e. The van der Waals surface area contributed by atoms with Gasteiger partial charge in [-0.05, 0) is 38.0 Å². The van der Waals surface area contributed by atoms with Crippen LogP contribution in [0.1, 0.15) is 60.9 Å². The number of nitrogens with zero attached hydrogens (tertiary/aromatic N) is 1. The van der Waals surface area contributed by atoms with E-state index < -0.39 is 18.0 Å². The summed E-state index contributed by atoms with van der Waals surface area (Å²) in [6, 6.07) is 15.3. The summed E-state index contributed by atoms with van der Waals surface area (Å²) in [6.45, 7) is 4.63. The van der Waals surface area contributed by atoms with Gasteiger partial charge in [-0.2, -0.15) is 0 Å². The first-order chi connectivity index (χ1) is 17.4. The third kappa shape index (κ3) is 5.31. The van der Waals surface area contributed by atoms with Gasteiger partial charge in [0.2, 0.25) is 0 Å². The van der Waals surface area contributed by atoms with Crippen LogP contribution in [-0.4, -0.2) is 48.4 Å². The lowest BCUT2D eigenvalue weighted by Crippen LogP contribution is -2.36. The van der Waals surface area contributed by atoms with Gasteiger partial charge >= 0.3 is 12.1 Å². The lowest BCUT2D eigenvalue weighted by atomic mass is 10.0. The van der Waals surface area contributed by atoms with Crippen LogP contribution < -0.4 is 5.32 Å². The van der Waals surface area contributed by atoms with Crippen LogP contribution in [0.25, 0.3) is 0 Å². The molecule has 1 N–H and O–H groups in total. The van der Waals surface area contributed by atoms with E-state index in [2.05, 4.69) is 5.32 Å². The molecule has 1 aliphatic heterocycles. The summed E-state index contributed by atoms with van der Waals surface area (Å²) in [5, 5.41) is 3.21. The highest BCUT2D eigenvalue weighted by molar-refractivity contribution is 7.17. The van der Waals surface area contributed by atoms with Crippen molar-refractivity contribution in [3.05, 3.63) is 87.3 Å². The van der Waals surface area contributed by atoms with E-state index in [9.17, 15) is 19.2 Å². The highest BCUT2D eigenvalue weighted by atomic mass is 32.1. The quantitative estimate of drug-likeness (QED) is 0.360. The fourth-order valence-corrected chi connectivity index (χ4v) is 5.23. The number of benzene rings is 2. The molecule has 0 atom stereocenters. The van der Waals surface area contributed by atoms with Crippen LogP contribution in [0.2, 0.25) is 0 Å². The highest BCUT2D eigenvalue weighted by Gasteiger charge is 2.31. The van der Waals surface area contributed by atoms with E-state index >= 15 is 0 Å². The van der Waals surface area contributed by atoms with Gasteiger partial charge in [-0.1, -0.05) is 42.5 Å². The summed E-state index contributed by atoms with van der Waals surface area (Å²) < 4.78 is 10.4. The van der Waals surface area contributed by atoms with Crippen LogP contribution in [0.4, 0.5) is 9.80 Å². The van der Waals surface area contributed by atoms with Crippen molar-refractivity contribution in [1.29, 1.82) is 0 Å². The number of fused-ring (bicyclic) bond motifs is 1. The molecule has 0 fully saturated rings. The normalized spacial score (nSPS) is 12.4. The minimum atomic E-state index is -0.515. The van der Waals surface area contributed by atoms with E-state index in [1.165, 1.54) is 11.3 Å². The highest BCUT2D eigenvalue weighted by Crippen LogP contribution is 2.38. The Balaban J connectivity index is 1.56. The molecule has 186 valence electrons. The molecule has 0 saturated carbocycles. The number of thiophene rings is 1. The van der Waals surface area contributed by atoms with Crippen molar-refractivity contribution in [1.82, 2.24) is 4.90 Å². The largest absolute Gasteiger partial charge is 0.462 e. The predicted molar refractivity (Wildman–Crippen MR) is 136 cm³/mol. The van der Waals surface area contributed by atoms with E-state index in [0.29, 0.717) is 40.2 Å². The van der Waals surface area contributed by atoms with E-state index in [1.54, 1.807) is 67.3 Å². The van der Waals surface area contributed by atoms with E-state index in [1.807, 2.05) is 6.07 Å². The third-order valence-electron chi connectivity index (χ3n) is 5.73. The Bertz CT molecular complexity index is 1280. The maximum absolute atomic E-state index is 13.0. The van der Waals surface area contributed by atoms with Gasteiger partial charge in [-0.15, -0.1) is 11.3 Å². The van der Waals surface area contributed by atoms with Crippen molar-refractivity contribution in [3.63, 3.8) is 0 Å². The summed E-state index contributed by atoms with van der Waals surface area (Å²) >= 11 is 1.25. The van der Waals surface area contributed by atoms with Gasteiger partial charge in [-0.25, -0.2) is 9.59 Å². The molecule has 1 aliphatic rings. The zero-order valence-electron chi connectivity index (χ0n) is 20.0. The number of carbonyl (C=O) groups is 4. The van der Waals surface area contributed by atoms with Gasteiger partial charge in [0, 0.05) is 28.1 Å². The zero-order chi connectivity index (χ0) is 25.7. The zero-order valence-corrected chi connectivity index (χ0v) is 20.9. The van der Waals surface area contributed by atoms with Gasteiger partial charge in [0.25, 0.3) is 5.91 Å². The first-order valence-electron chi connectivity index (χ1n) is 11.7. The van der Waals surface area contributed by atoms with Crippen LogP contribution in [-0.2, 0) is 22.4 Å². The van der Waals surface area contributed by atoms with Crippen LogP contribution in [0.3, 0.4) is 0 Å². The molecule has 1 aromatic heterocycles. The average Bonchev–Trinajstić information content (AvgIpc) is 3.26. The lowest BCUT2D eigenvalue weighted by molar-refractivity contribution is 0.0526. The Labute approximate surface area is 212 Å². The van der Waals surface area contributed by atoms with Gasteiger partial charge in [0.05, 0.1) is 25.3 Å². The number of hydrogen-bond acceptors (Lipinski definition) is 7. The molecular weight excluding hydrogens is 480 g/mol. The Morgan fingerprint density at radius 1 is 0.889 bits per heavy atom. The number of hydrogen-bond donors (Lipinski definition) is 1. The SMILES string of the molecule is CCOC(=O)c1c(NC(=O)c2ccc(C(=O)c3ccccc3)cc2)sc2c1CCN(C(=O)OCC)C2. The molecule has 0 bridgehead atoms. The van der Waals surface area contributed by atoms with E-state index in [0.717, 1.165) is 10.4 Å². The topological polar surface area (TPSA) is 102 Å². The van der Waals surface area contributed by atoms with Crippen molar-refractivity contribution in [3.8, 4) is 0 Å². The second-order valence-electron chi connectivity index (χ2n) is 8.03. The standard InChI is InChI=1S/C27H26N2O6S/c1-3-34-26(32)22-20-14-15-29(27(33)35-4-2)16-21(20)36-25(22)28-24(31)19-12-10-18(11-13-19)23(30)17-8-6-5-7-9-17/h5-13H,3-4,14-16H2,1-2H3,(H,28,31). The molecule has 0 saturated heterocycles. The Morgan fingerprint density at radius 2 is 1.53 bits per heavy atom. The molecular formula is C27H26N2O6S. The number of rotatable bonds is 7. The number of ketones is 1. The van der Waals surface area contributed by atoms with E-state index in [-0.39, 0.29) is 25.5 Å². The van der Waals surface area contributed by atoms with Gasteiger partial charge in [0.1, 0.15) is 5.00 Å². The summed E-state index contributed by atoms with van der Waals surface area (Å²) in [5.41, 5.74) is 2.47. The molecule has 4 rings (SSSR count). The van der Waals surface area contributed by atoms with Crippen LogP contribution in [0, 0.1) is 0 Å². The molecule has 0 unspecified atom stereocenters. The smallest absolute Gasteiger partial charge is 0.410 e. The van der Waals surface area contributed by atoms with Crippen molar-refractivity contribution >= 4 is 40.1 Å². The molecule has 8 nitrogen and oxygen atoms in total. The number of nitrogens with one attached hydrogen (secondary N) is 1. The predicted octanol–water partition coefficient (Wildman–Crippen LogP) is 4.92. The molecule has 9 heteroatoms. The second kappa shape index (κ2) is 11.2. The summed E-state index contributed by atoms with van der Waals surface area (Å²) in [4.78, 5) is 53.0. The Hall–Kier alpha value is -3.98. The number of carbonyl (C=O) groups excluding carboxylic acids is 4. The number of esters is 1. The van der Waals surface area contributed by atoms with Crippen LogP contribution in [0.15, 0.2) is 54.6 Å². The van der Waals surface area contributed by atoms with Crippen LogP contribution >= 0.6 is 11.3 Å². The van der Waals surface area contributed by atoms with Gasteiger partial charge in [-0.3, -0.25) is 9.59 Å². The van der Waals surface area contributed by atoms with Crippen molar-refractivity contribution < 1.29 is 28.7 Å². The maximum atomic E-state index is 13.0. The first-order valence-corrected chi connectivity index (χ1v) is 12.5. The maximum Gasteiger partial charge on any atom is 0.410 e. The average molecular weight is 507 g/mol. The molecule has 36 heavy (non-hydrogen) atoms. The first kappa shape index (κ1) is 25.1. The summed E-state index contributed by atoms with van der Waals surface area (Å²) in [6.07, 6.45) is 0.0373. The van der Waals surface area contributed by atoms with Gasteiger partial charge < -0.3 is 19.7 Å². The fourth-order valence-electron chi connectivity index (χ4n) is 3.99. The lowest BCUT2D eigenvalue weighted by Gasteiger charge is -2.26. The second-order valence-corrected chi connectivity index (χ2v) is 9.13. The molecule has 2 amide bonds. The summed E-state index contributed by atoms with van der Waals surface area (Å²) in [7, 11) is 0. The number of anilines is 1.